The van der Waals surface area contributed by atoms with Crippen LogP contribution in [0, 0.1) is 0 Å². The van der Waals surface area contributed by atoms with Crippen molar-refractivity contribution < 1.29 is 0 Å². The lowest BCUT2D eigenvalue weighted by molar-refractivity contribution is 0.509. The molecule has 0 amide bonds. The molecule has 1 aliphatic carbocycles. The molecule has 80 valence electrons. The van der Waals surface area contributed by atoms with Gasteiger partial charge in [0, 0.05) is 24.9 Å². The van der Waals surface area contributed by atoms with Crippen molar-refractivity contribution >= 4 is 17.7 Å². The van der Waals surface area contributed by atoms with Crippen molar-refractivity contribution in [3.05, 3.63) is 0 Å². The van der Waals surface area contributed by atoms with Gasteiger partial charge in [-0.2, -0.15) is 11.8 Å². The topological polar surface area (TPSA) is 27.6 Å². The van der Waals surface area contributed by atoms with Crippen molar-refractivity contribution in [2.75, 3.05) is 26.4 Å². The fourth-order valence-corrected chi connectivity index (χ4v) is 2.95. The number of nitrogens with one attached hydrogen (secondary N) is 1. The maximum absolute atomic E-state index is 4.46. The van der Waals surface area contributed by atoms with E-state index in [4.69, 9.17) is 0 Å². The quantitative estimate of drug-likeness (QED) is 0.746. The fourth-order valence-electron chi connectivity index (χ4n) is 2.16. The van der Waals surface area contributed by atoms with E-state index in [0.717, 1.165) is 24.3 Å². The molecular weight excluding hydrogens is 194 g/mol. The van der Waals surface area contributed by atoms with Crippen LogP contribution in [0.15, 0.2) is 4.99 Å². The SMILES string of the molecule is CSC1CCC(NC2=NCCN2C)C1. The van der Waals surface area contributed by atoms with Gasteiger partial charge in [0.15, 0.2) is 5.96 Å². The van der Waals surface area contributed by atoms with Crippen molar-refractivity contribution in [1.29, 1.82) is 0 Å². The second-order valence-electron chi connectivity index (χ2n) is 4.14. The van der Waals surface area contributed by atoms with Crippen LogP contribution < -0.4 is 5.32 Å². The van der Waals surface area contributed by atoms with Crippen LogP contribution in [0.3, 0.4) is 0 Å². The molecule has 14 heavy (non-hydrogen) atoms. The van der Waals surface area contributed by atoms with Gasteiger partial charge < -0.3 is 10.2 Å². The summed E-state index contributed by atoms with van der Waals surface area (Å²) in [5.41, 5.74) is 0. The zero-order valence-electron chi connectivity index (χ0n) is 8.99. The lowest BCUT2D eigenvalue weighted by Gasteiger charge is -2.19. The predicted octanol–water partition coefficient (Wildman–Crippen LogP) is 1.16. The molecule has 4 heteroatoms. The number of aliphatic imine (C=N–C) groups is 1. The highest BCUT2D eigenvalue weighted by Crippen LogP contribution is 2.28. The number of nitrogens with zero attached hydrogens (tertiary/aromatic N) is 2. The second kappa shape index (κ2) is 4.43. The average Bonchev–Trinajstić information content (AvgIpc) is 2.77. The van der Waals surface area contributed by atoms with Crippen molar-refractivity contribution in [2.24, 2.45) is 4.99 Å². The number of likely N-dealkylation sites (N-methyl/N-ethyl adjacent to an activating group) is 1. The molecule has 0 saturated heterocycles. The first-order valence-corrected chi connectivity index (χ1v) is 6.63. The van der Waals surface area contributed by atoms with E-state index in [9.17, 15) is 0 Å². The van der Waals surface area contributed by atoms with Crippen LogP contribution in [-0.4, -0.2) is 48.5 Å². The lowest BCUT2D eigenvalue weighted by atomic mass is 10.2. The molecule has 3 nitrogen and oxygen atoms in total. The van der Waals surface area contributed by atoms with Crippen LogP contribution in [0.2, 0.25) is 0 Å². The van der Waals surface area contributed by atoms with Crippen LogP contribution in [0.4, 0.5) is 0 Å². The van der Waals surface area contributed by atoms with E-state index in [0.29, 0.717) is 6.04 Å². The monoisotopic (exact) mass is 213 g/mol. The van der Waals surface area contributed by atoms with E-state index < -0.39 is 0 Å². The van der Waals surface area contributed by atoms with Gasteiger partial charge in [0.05, 0.1) is 6.54 Å². The summed E-state index contributed by atoms with van der Waals surface area (Å²) in [6.45, 7) is 2.03. The standard InChI is InChI=1S/C10H19N3S/c1-13-6-5-11-10(13)12-8-3-4-9(7-8)14-2/h8-9H,3-7H2,1-2H3,(H,11,12). The summed E-state index contributed by atoms with van der Waals surface area (Å²) >= 11 is 2.00. The zero-order chi connectivity index (χ0) is 9.97. The van der Waals surface area contributed by atoms with Crippen LogP contribution in [0.1, 0.15) is 19.3 Å². The van der Waals surface area contributed by atoms with Crippen LogP contribution in [0.5, 0.6) is 0 Å². The summed E-state index contributed by atoms with van der Waals surface area (Å²) in [7, 11) is 2.11. The molecule has 0 spiro atoms. The highest BCUT2D eigenvalue weighted by molar-refractivity contribution is 7.99. The van der Waals surface area contributed by atoms with Gasteiger partial charge in [0.1, 0.15) is 0 Å². The first kappa shape index (κ1) is 10.1. The zero-order valence-corrected chi connectivity index (χ0v) is 9.81. The Morgan fingerprint density at radius 3 is 2.93 bits per heavy atom. The Morgan fingerprint density at radius 2 is 2.36 bits per heavy atom. The van der Waals surface area contributed by atoms with Gasteiger partial charge in [-0.15, -0.1) is 0 Å². The molecule has 2 rings (SSSR count). The molecule has 1 heterocycles. The van der Waals surface area contributed by atoms with E-state index in [1.165, 1.54) is 19.3 Å². The lowest BCUT2D eigenvalue weighted by Crippen LogP contribution is -2.41. The summed E-state index contributed by atoms with van der Waals surface area (Å²) in [5, 5.41) is 4.42. The molecule has 1 aliphatic heterocycles. The summed E-state index contributed by atoms with van der Waals surface area (Å²) in [5.74, 6) is 1.11. The third kappa shape index (κ3) is 2.16. The van der Waals surface area contributed by atoms with E-state index in [-0.39, 0.29) is 0 Å². The second-order valence-corrected chi connectivity index (χ2v) is 5.28. The van der Waals surface area contributed by atoms with Gasteiger partial charge in [-0.05, 0) is 25.5 Å². The van der Waals surface area contributed by atoms with Gasteiger partial charge in [0.2, 0.25) is 0 Å². The minimum atomic E-state index is 0.659. The summed E-state index contributed by atoms with van der Waals surface area (Å²) in [6, 6.07) is 0.659. The molecule has 0 radical (unpaired) electrons. The summed E-state index contributed by atoms with van der Waals surface area (Å²) < 4.78 is 0. The van der Waals surface area contributed by atoms with Crippen molar-refractivity contribution in [3.63, 3.8) is 0 Å². The Kier molecular flexibility index (Phi) is 3.21. The van der Waals surface area contributed by atoms with Crippen LogP contribution in [0.25, 0.3) is 0 Å². The van der Waals surface area contributed by atoms with Gasteiger partial charge in [-0.1, -0.05) is 0 Å². The molecule has 0 aromatic rings. The van der Waals surface area contributed by atoms with Crippen LogP contribution >= 0.6 is 11.8 Å². The number of hydrogen-bond donors (Lipinski definition) is 1. The average molecular weight is 213 g/mol. The molecule has 1 fully saturated rings. The molecule has 1 N–H and O–H groups in total. The Hall–Kier alpha value is -0.380. The van der Waals surface area contributed by atoms with E-state index in [1.54, 1.807) is 0 Å². The number of hydrogen-bond acceptors (Lipinski definition) is 4. The third-order valence-corrected chi connectivity index (χ3v) is 4.20. The Bertz CT molecular complexity index is 229. The first-order chi connectivity index (χ1) is 6.79. The molecule has 2 aliphatic rings. The van der Waals surface area contributed by atoms with E-state index in [2.05, 4.69) is 28.5 Å². The maximum Gasteiger partial charge on any atom is 0.194 e. The minimum Gasteiger partial charge on any atom is -0.353 e. The smallest absolute Gasteiger partial charge is 0.194 e. The first-order valence-electron chi connectivity index (χ1n) is 5.34. The molecule has 0 bridgehead atoms. The third-order valence-electron chi connectivity index (χ3n) is 3.11. The number of rotatable bonds is 2. The highest BCUT2D eigenvalue weighted by atomic mass is 32.2. The Labute approximate surface area is 90.3 Å². The van der Waals surface area contributed by atoms with Gasteiger partial charge in [0.25, 0.3) is 0 Å². The summed E-state index contributed by atoms with van der Waals surface area (Å²) in [6.07, 6.45) is 6.18. The molecule has 2 unspecified atom stereocenters. The van der Waals surface area contributed by atoms with Crippen LogP contribution in [-0.2, 0) is 0 Å². The molecular formula is C10H19N3S. The van der Waals surface area contributed by atoms with Crippen molar-refractivity contribution in [3.8, 4) is 0 Å². The number of guanidine groups is 1. The Balaban J connectivity index is 1.81. The number of thioether (sulfide) groups is 1. The van der Waals surface area contributed by atoms with Gasteiger partial charge >= 0.3 is 0 Å². The molecule has 2 atom stereocenters. The minimum absolute atomic E-state index is 0.659. The molecule has 0 aromatic carbocycles. The Morgan fingerprint density at radius 1 is 1.50 bits per heavy atom. The fraction of sp³-hybridized carbons (Fsp3) is 0.900. The van der Waals surface area contributed by atoms with E-state index >= 15 is 0 Å². The van der Waals surface area contributed by atoms with Gasteiger partial charge in [-0.3, -0.25) is 4.99 Å². The van der Waals surface area contributed by atoms with Crippen molar-refractivity contribution in [1.82, 2.24) is 10.2 Å². The van der Waals surface area contributed by atoms with Gasteiger partial charge in [-0.25, -0.2) is 0 Å². The van der Waals surface area contributed by atoms with E-state index in [1.807, 2.05) is 11.8 Å². The van der Waals surface area contributed by atoms with Crippen molar-refractivity contribution in [2.45, 2.75) is 30.6 Å². The largest absolute Gasteiger partial charge is 0.353 e. The molecule has 0 aromatic heterocycles. The highest BCUT2D eigenvalue weighted by Gasteiger charge is 2.26. The maximum atomic E-state index is 4.46. The predicted molar refractivity (Wildman–Crippen MR) is 63.0 cm³/mol. The molecule has 1 saturated carbocycles. The summed E-state index contributed by atoms with van der Waals surface area (Å²) in [4.78, 5) is 6.67. The normalized spacial score (nSPS) is 32.1.